The van der Waals surface area contributed by atoms with Crippen molar-refractivity contribution in [2.75, 3.05) is 5.32 Å². The Bertz CT molecular complexity index is 866. The maximum absolute atomic E-state index is 12.4. The molecule has 0 atom stereocenters. The maximum atomic E-state index is 12.4. The molecule has 2 heterocycles. The average molecular weight is 393 g/mol. The molecule has 0 spiro atoms. The third-order valence-corrected chi connectivity index (χ3v) is 5.42. The Balaban J connectivity index is 1.85. The topological polar surface area (TPSA) is 42.2 Å². The summed E-state index contributed by atoms with van der Waals surface area (Å²) in [7, 11) is 0. The van der Waals surface area contributed by atoms with Crippen LogP contribution in [0.1, 0.15) is 41.1 Å². The predicted molar refractivity (Wildman–Crippen MR) is 95.7 cm³/mol. The molecule has 23 heavy (non-hydrogen) atoms. The molecule has 3 nitrogen and oxygen atoms in total. The van der Waals surface area contributed by atoms with E-state index in [-0.39, 0.29) is 5.91 Å². The van der Waals surface area contributed by atoms with Crippen LogP contribution < -0.4 is 5.32 Å². The van der Waals surface area contributed by atoms with Crippen molar-refractivity contribution in [2.45, 2.75) is 32.6 Å². The van der Waals surface area contributed by atoms with Crippen LogP contribution in [0.15, 0.2) is 21.0 Å². The standard InChI is InChI=1S/C18H15BrClNO2/c1-9-11-4-2-3-5-15(11)23-16(9)8-13-12-6-10(20)7-14(19)17(12)21-18(13)22/h6-8H,2-5H2,1H3,(H,21,22). The number of fused-ring (bicyclic) bond motifs is 2. The zero-order valence-corrected chi connectivity index (χ0v) is 15.0. The summed E-state index contributed by atoms with van der Waals surface area (Å²) in [5, 5.41) is 3.48. The number of carbonyl (C=O) groups excluding carboxylic acids is 1. The number of furan rings is 1. The first-order chi connectivity index (χ1) is 11.0. The molecule has 0 fully saturated rings. The average Bonchev–Trinajstić information content (AvgIpc) is 3.00. The van der Waals surface area contributed by atoms with Gasteiger partial charge in [0.15, 0.2) is 0 Å². The molecule has 1 aliphatic heterocycles. The molecule has 0 saturated carbocycles. The first-order valence-electron chi connectivity index (χ1n) is 7.68. The van der Waals surface area contributed by atoms with Gasteiger partial charge >= 0.3 is 0 Å². The summed E-state index contributed by atoms with van der Waals surface area (Å²) >= 11 is 9.59. The second-order valence-electron chi connectivity index (χ2n) is 6.02. The van der Waals surface area contributed by atoms with Crippen molar-refractivity contribution in [3.63, 3.8) is 0 Å². The number of anilines is 1. The molecule has 4 rings (SSSR count). The van der Waals surface area contributed by atoms with Gasteiger partial charge in [0, 0.05) is 21.5 Å². The van der Waals surface area contributed by atoms with Gasteiger partial charge in [-0.25, -0.2) is 0 Å². The van der Waals surface area contributed by atoms with E-state index in [9.17, 15) is 4.79 Å². The Morgan fingerprint density at radius 3 is 2.87 bits per heavy atom. The lowest BCUT2D eigenvalue weighted by molar-refractivity contribution is -0.110. The highest BCUT2D eigenvalue weighted by atomic mass is 79.9. The summed E-state index contributed by atoms with van der Waals surface area (Å²) in [5.41, 5.74) is 4.63. The molecule has 2 aromatic rings. The van der Waals surface area contributed by atoms with E-state index in [1.165, 1.54) is 18.4 Å². The minimum Gasteiger partial charge on any atom is -0.461 e. The van der Waals surface area contributed by atoms with Crippen molar-refractivity contribution < 1.29 is 9.21 Å². The zero-order chi connectivity index (χ0) is 16.1. The van der Waals surface area contributed by atoms with Gasteiger partial charge in [0.05, 0.1) is 11.3 Å². The van der Waals surface area contributed by atoms with Gasteiger partial charge in [0.2, 0.25) is 0 Å². The predicted octanol–water partition coefficient (Wildman–Crippen LogP) is 5.38. The number of halogens is 2. The molecule has 2 aliphatic rings. The van der Waals surface area contributed by atoms with Crippen molar-refractivity contribution in [2.24, 2.45) is 0 Å². The lowest BCUT2D eigenvalue weighted by Crippen LogP contribution is -2.03. The Labute approximate surface area is 147 Å². The highest BCUT2D eigenvalue weighted by Gasteiger charge is 2.28. The molecule has 1 N–H and O–H groups in total. The van der Waals surface area contributed by atoms with Crippen molar-refractivity contribution in [1.82, 2.24) is 0 Å². The first-order valence-corrected chi connectivity index (χ1v) is 8.85. The van der Waals surface area contributed by atoms with Crippen LogP contribution in [0.25, 0.3) is 11.6 Å². The largest absolute Gasteiger partial charge is 0.461 e. The van der Waals surface area contributed by atoms with Gasteiger partial charge in [-0.2, -0.15) is 0 Å². The van der Waals surface area contributed by atoms with Gasteiger partial charge in [-0.05, 0) is 71.5 Å². The van der Waals surface area contributed by atoms with E-state index >= 15 is 0 Å². The van der Waals surface area contributed by atoms with E-state index in [4.69, 9.17) is 16.0 Å². The van der Waals surface area contributed by atoms with E-state index in [0.29, 0.717) is 10.6 Å². The molecule has 0 unspecified atom stereocenters. The number of benzene rings is 1. The normalized spacial score (nSPS) is 18.0. The number of rotatable bonds is 1. The Hall–Kier alpha value is -1.52. The first kappa shape index (κ1) is 15.0. The van der Waals surface area contributed by atoms with Gasteiger partial charge in [0.25, 0.3) is 5.91 Å². The van der Waals surface area contributed by atoms with Crippen LogP contribution in [-0.2, 0) is 17.6 Å². The molecule has 5 heteroatoms. The fraction of sp³-hybridized carbons (Fsp3) is 0.278. The van der Waals surface area contributed by atoms with Crippen LogP contribution in [-0.4, -0.2) is 5.91 Å². The van der Waals surface area contributed by atoms with E-state index in [1.807, 2.05) is 12.1 Å². The Morgan fingerprint density at radius 2 is 2.09 bits per heavy atom. The monoisotopic (exact) mass is 391 g/mol. The summed E-state index contributed by atoms with van der Waals surface area (Å²) < 4.78 is 6.81. The van der Waals surface area contributed by atoms with Gasteiger partial charge in [-0.3, -0.25) is 4.79 Å². The van der Waals surface area contributed by atoms with Gasteiger partial charge in [-0.15, -0.1) is 0 Å². The van der Waals surface area contributed by atoms with E-state index in [2.05, 4.69) is 28.2 Å². The minimum absolute atomic E-state index is 0.128. The summed E-state index contributed by atoms with van der Waals surface area (Å²) in [4.78, 5) is 12.4. The molecular formula is C18H15BrClNO2. The zero-order valence-electron chi connectivity index (χ0n) is 12.6. The summed E-state index contributed by atoms with van der Waals surface area (Å²) in [5.74, 6) is 1.73. The van der Waals surface area contributed by atoms with Gasteiger partial charge in [-0.1, -0.05) is 11.6 Å². The lowest BCUT2D eigenvalue weighted by atomic mass is 9.95. The summed E-state index contributed by atoms with van der Waals surface area (Å²) in [6, 6.07) is 3.59. The second kappa shape index (κ2) is 5.53. The third kappa shape index (κ3) is 2.45. The van der Waals surface area contributed by atoms with Gasteiger partial charge in [0.1, 0.15) is 11.5 Å². The van der Waals surface area contributed by atoms with E-state index in [1.54, 1.807) is 6.07 Å². The smallest absolute Gasteiger partial charge is 0.256 e. The molecule has 0 radical (unpaired) electrons. The van der Waals surface area contributed by atoms with Crippen LogP contribution in [0, 0.1) is 6.92 Å². The Morgan fingerprint density at radius 1 is 1.30 bits per heavy atom. The molecule has 1 aliphatic carbocycles. The quantitative estimate of drug-likeness (QED) is 0.662. The molecular weight excluding hydrogens is 378 g/mol. The SMILES string of the molecule is Cc1c(C=C2C(=O)Nc3c(Br)cc(Cl)cc32)oc2c1CCCC2. The number of nitrogens with one attached hydrogen (secondary N) is 1. The van der Waals surface area contributed by atoms with Crippen molar-refractivity contribution >= 4 is 50.8 Å². The van der Waals surface area contributed by atoms with Crippen LogP contribution in [0.4, 0.5) is 5.69 Å². The maximum Gasteiger partial charge on any atom is 0.256 e. The number of hydrogen-bond acceptors (Lipinski definition) is 2. The molecule has 0 bridgehead atoms. The fourth-order valence-electron chi connectivity index (χ4n) is 3.37. The van der Waals surface area contributed by atoms with E-state index in [0.717, 1.165) is 45.6 Å². The molecule has 118 valence electrons. The summed E-state index contributed by atoms with van der Waals surface area (Å²) in [6.45, 7) is 2.07. The second-order valence-corrected chi connectivity index (χ2v) is 7.31. The highest BCUT2D eigenvalue weighted by Crippen LogP contribution is 2.41. The van der Waals surface area contributed by atoms with Crippen LogP contribution in [0.2, 0.25) is 5.02 Å². The van der Waals surface area contributed by atoms with Gasteiger partial charge < -0.3 is 9.73 Å². The van der Waals surface area contributed by atoms with Crippen LogP contribution in [0.5, 0.6) is 0 Å². The number of carbonyl (C=O) groups is 1. The molecule has 1 aromatic carbocycles. The summed E-state index contributed by atoms with van der Waals surface area (Å²) in [6.07, 6.45) is 6.27. The van der Waals surface area contributed by atoms with Crippen LogP contribution >= 0.6 is 27.5 Å². The molecule has 1 amide bonds. The van der Waals surface area contributed by atoms with Crippen LogP contribution in [0.3, 0.4) is 0 Å². The fourth-order valence-corrected chi connectivity index (χ4v) is 4.28. The number of aryl methyl sites for hydroxylation is 1. The number of hydrogen-bond donors (Lipinski definition) is 1. The number of amides is 1. The molecule has 1 aromatic heterocycles. The van der Waals surface area contributed by atoms with E-state index < -0.39 is 0 Å². The Kier molecular flexibility index (Phi) is 3.62. The minimum atomic E-state index is -0.128. The molecule has 0 saturated heterocycles. The third-order valence-electron chi connectivity index (χ3n) is 4.58. The lowest BCUT2D eigenvalue weighted by Gasteiger charge is -2.08. The van der Waals surface area contributed by atoms with Crippen molar-refractivity contribution in [1.29, 1.82) is 0 Å². The van der Waals surface area contributed by atoms with Crippen molar-refractivity contribution in [3.8, 4) is 0 Å². The van der Waals surface area contributed by atoms with Crippen molar-refractivity contribution in [3.05, 3.63) is 49.8 Å². The highest BCUT2D eigenvalue weighted by molar-refractivity contribution is 9.10.